The molecule has 0 saturated carbocycles. The van der Waals surface area contributed by atoms with E-state index in [1.165, 1.54) is 6.33 Å². The lowest BCUT2D eigenvalue weighted by atomic mass is 10.1. The highest BCUT2D eigenvalue weighted by Gasteiger charge is 2.36. The van der Waals surface area contributed by atoms with Crippen LogP contribution in [-0.2, 0) is 4.74 Å². The number of H-pyrrole nitrogens is 1. The second kappa shape index (κ2) is 2.85. The Labute approximate surface area is 69.0 Å². The molecule has 1 fully saturated rings. The van der Waals surface area contributed by atoms with Gasteiger partial charge in [-0.2, -0.15) is 0 Å². The number of nitrogens with zero attached hydrogens (tertiary/aromatic N) is 1. The van der Waals surface area contributed by atoms with Gasteiger partial charge in [0.05, 0.1) is 24.8 Å². The molecule has 0 unspecified atom stereocenters. The normalized spacial score (nSPS) is 35.7. The van der Waals surface area contributed by atoms with Crippen molar-refractivity contribution in [2.75, 3.05) is 6.61 Å². The third-order valence-corrected chi connectivity index (χ3v) is 1.98. The van der Waals surface area contributed by atoms with E-state index in [4.69, 9.17) is 9.84 Å². The van der Waals surface area contributed by atoms with Crippen molar-refractivity contribution in [3.63, 3.8) is 0 Å². The van der Waals surface area contributed by atoms with E-state index < -0.39 is 18.3 Å². The van der Waals surface area contributed by atoms with Crippen molar-refractivity contribution in [2.45, 2.75) is 18.3 Å². The number of aliphatic hydroxyl groups excluding tert-OH is 2. The number of nitrogens with one attached hydrogen (secondary N) is 1. The lowest BCUT2D eigenvalue weighted by Crippen LogP contribution is -2.25. The Bertz CT molecular complexity index is 249. The lowest BCUT2D eigenvalue weighted by Gasteiger charge is -2.11. The van der Waals surface area contributed by atoms with E-state index in [0.29, 0.717) is 5.69 Å². The van der Waals surface area contributed by atoms with Crippen LogP contribution in [0.25, 0.3) is 0 Å². The number of aromatic nitrogens is 2. The molecule has 66 valence electrons. The number of aliphatic hydroxyl groups is 2. The largest absolute Gasteiger partial charge is 0.388 e. The first kappa shape index (κ1) is 7.72. The second-order valence-corrected chi connectivity index (χ2v) is 2.82. The molecule has 1 aromatic rings. The van der Waals surface area contributed by atoms with Crippen LogP contribution in [0.4, 0.5) is 0 Å². The highest BCUT2D eigenvalue weighted by atomic mass is 16.5. The Balaban J connectivity index is 2.16. The number of hydrogen-bond acceptors (Lipinski definition) is 4. The van der Waals surface area contributed by atoms with Gasteiger partial charge in [0.2, 0.25) is 0 Å². The minimum Gasteiger partial charge on any atom is -0.388 e. The molecule has 2 rings (SSSR count). The number of rotatable bonds is 1. The topological polar surface area (TPSA) is 78.4 Å². The molecule has 1 saturated heterocycles. The molecule has 0 aliphatic carbocycles. The van der Waals surface area contributed by atoms with Gasteiger partial charge in [-0.05, 0) is 0 Å². The van der Waals surface area contributed by atoms with Crippen LogP contribution in [0.5, 0.6) is 0 Å². The average Bonchev–Trinajstić information content (AvgIpc) is 2.64. The highest BCUT2D eigenvalue weighted by molar-refractivity contribution is 5.05. The van der Waals surface area contributed by atoms with Gasteiger partial charge in [-0.1, -0.05) is 0 Å². The molecule has 5 nitrogen and oxygen atoms in total. The third kappa shape index (κ3) is 1.12. The molecule has 1 aromatic heterocycles. The number of hydrogen-bond donors (Lipinski definition) is 3. The zero-order chi connectivity index (χ0) is 8.55. The van der Waals surface area contributed by atoms with E-state index in [1.54, 1.807) is 6.20 Å². The van der Waals surface area contributed by atoms with Gasteiger partial charge in [-0.15, -0.1) is 0 Å². The summed E-state index contributed by atoms with van der Waals surface area (Å²) >= 11 is 0. The van der Waals surface area contributed by atoms with Gasteiger partial charge >= 0.3 is 0 Å². The van der Waals surface area contributed by atoms with Gasteiger partial charge in [-0.3, -0.25) is 0 Å². The fourth-order valence-corrected chi connectivity index (χ4v) is 1.30. The van der Waals surface area contributed by atoms with Gasteiger partial charge in [0.1, 0.15) is 18.3 Å². The van der Waals surface area contributed by atoms with Gasteiger partial charge in [0.25, 0.3) is 0 Å². The molecule has 3 N–H and O–H groups in total. The summed E-state index contributed by atoms with van der Waals surface area (Å²) < 4.78 is 5.15. The third-order valence-electron chi connectivity index (χ3n) is 1.98. The average molecular weight is 170 g/mol. The quantitative estimate of drug-likeness (QED) is 0.515. The van der Waals surface area contributed by atoms with Crippen LogP contribution >= 0.6 is 0 Å². The highest BCUT2D eigenvalue weighted by Crippen LogP contribution is 2.27. The zero-order valence-electron chi connectivity index (χ0n) is 6.34. The number of ether oxygens (including phenoxy) is 1. The standard InChI is InChI=1S/C7H10N2O3/c10-5-2-12-7(6(5)11)4-1-8-3-9-4/h1,3,5-7,10-11H,2H2,(H,8,9)/t5-,6+,7-/m0/s1. The van der Waals surface area contributed by atoms with Crippen molar-refractivity contribution in [1.82, 2.24) is 9.97 Å². The summed E-state index contributed by atoms with van der Waals surface area (Å²) in [5.74, 6) is 0. The van der Waals surface area contributed by atoms with Crippen molar-refractivity contribution in [3.05, 3.63) is 18.2 Å². The molecule has 2 heterocycles. The van der Waals surface area contributed by atoms with Crippen LogP contribution in [0.1, 0.15) is 11.8 Å². The van der Waals surface area contributed by atoms with Crippen molar-refractivity contribution in [2.24, 2.45) is 0 Å². The van der Waals surface area contributed by atoms with E-state index in [-0.39, 0.29) is 6.61 Å². The summed E-state index contributed by atoms with van der Waals surface area (Å²) in [5, 5.41) is 18.6. The minimum atomic E-state index is -0.856. The molecule has 3 atom stereocenters. The predicted molar refractivity (Wildman–Crippen MR) is 39.3 cm³/mol. The SMILES string of the molecule is O[C@@H]1[C@@H](O)CO[C@H]1c1cnc[nH]1. The number of aromatic amines is 1. The molecule has 0 amide bonds. The smallest absolute Gasteiger partial charge is 0.127 e. The lowest BCUT2D eigenvalue weighted by molar-refractivity contribution is 0.0207. The van der Waals surface area contributed by atoms with E-state index in [9.17, 15) is 5.11 Å². The Morgan fingerprint density at radius 1 is 1.58 bits per heavy atom. The van der Waals surface area contributed by atoms with Gasteiger partial charge in [-0.25, -0.2) is 4.98 Å². The van der Waals surface area contributed by atoms with Crippen molar-refractivity contribution >= 4 is 0 Å². The second-order valence-electron chi connectivity index (χ2n) is 2.82. The summed E-state index contributed by atoms with van der Waals surface area (Å²) in [7, 11) is 0. The molecular weight excluding hydrogens is 160 g/mol. The molecule has 1 aliphatic rings. The van der Waals surface area contributed by atoms with Crippen LogP contribution < -0.4 is 0 Å². The van der Waals surface area contributed by atoms with Crippen molar-refractivity contribution in [1.29, 1.82) is 0 Å². The molecule has 0 aromatic carbocycles. The monoisotopic (exact) mass is 170 g/mol. The maximum atomic E-state index is 9.41. The van der Waals surface area contributed by atoms with Gasteiger partial charge in [0.15, 0.2) is 0 Å². The first-order valence-electron chi connectivity index (χ1n) is 3.75. The molecule has 0 spiro atoms. The van der Waals surface area contributed by atoms with Crippen molar-refractivity contribution in [3.8, 4) is 0 Å². The van der Waals surface area contributed by atoms with E-state index >= 15 is 0 Å². The molecule has 12 heavy (non-hydrogen) atoms. The van der Waals surface area contributed by atoms with Crippen molar-refractivity contribution < 1.29 is 14.9 Å². The fraction of sp³-hybridized carbons (Fsp3) is 0.571. The minimum absolute atomic E-state index is 0.171. The Morgan fingerprint density at radius 2 is 2.42 bits per heavy atom. The maximum Gasteiger partial charge on any atom is 0.127 e. The van der Waals surface area contributed by atoms with E-state index in [0.717, 1.165) is 0 Å². The summed E-state index contributed by atoms with van der Waals surface area (Å²) in [5.41, 5.74) is 0.694. The predicted octanol–water partition coefficient (Wildman–Crippen LogP) is -0.797. The molecule has 0 radical (unpaired) electrons. The summed E-state index contributed by atoms with van der Waals surface area (Å²) in [6.07, 6.45) is 0.966. The van der Waals surface area contributed by atoms with Crippen LogP contribution in [0.2, 0.25) is 0 Å². The molecule has 1 aliphatic heterocycles. The summed E-state index contributed by atoms with van der Waals surface area (Å²) in [6, 6.07) is 0. The van der Waals surface area contributed by atoms with Crippen LogP contribution in [0, 0.1) is 0 Å². The van der Waals surface area contributed by atoms with Crippen LogP contribution in [0.15, 0.2) is 12.5 Å². The van der Waals surface area contributed by atoms with Gasteiger partial charge in [0, 0.05) is 0 Å². The van der Waals surface area contributed by atoms with Crippen LogP contribution in [0.3, 0.4) is 0 Å². The Kier molecular flexibility index (Phi) is 1.84. The molecule has 0 bridgehead atoms. The molecule has 5 heteroatoms. The zero-order valence-corrected chi connectivity index (χ0v) is 6.34. The Morgan fingerprint density at radius 3 is 2.92 bits per heavy atom. The molecular formula is C7H10N2O3. The summed E-state index contributed by atoms with van der Waals surface area (Å²) in [4.78, 5) is 6.62. The fourth-order valence-electron chi connectivity index (χ4n) is 1.30. The first-order valence-corrected chi connectivity index (χ1v) is 3.75. The Hall–Kier alpha value is -0.910. The summed E-state index contributed by atoms with van der Waals surface area (Å²) in [6.45, 7) is 0.171. The van der Waals surface area contributed by atoms with Gasteiger partial charge < -0.3 is 19.9 Å². The van der Waals surface area contributed by atoms with Crippen LogP contribution in [-0.4, -0.2) is 39.0 Å². The maximum absolute atomic E-state index is 9.41. The first-order chi connectivity index (χ1) is 5.79. The van der Waals surface area contributed by atoms with E-state index in [1.807, 2.05) is 0 Å². The number of imidazole rings is 1. The van der Waals surface area contributed by atoms with E-state index in [2.05, 4.69) is 9.97 Å².